The fourth-order valence-electron chi connectivity index (χ4n) is 2.03. The van der Waals surface area contributed by atoms with Crippen LogP contribution in [0.5, 0.6) is 0 Å². The van der Waals surface area contributed by atoms with Gasteiger partial charge in [-0.1, -0.05) is 0 Å². The zero-order chi connectivity index (χ0) is 14.4. The van der Waals surface area contributed by atoms with E-state index >= 15 is 0 Å². The Hall–Kier alpha value is -1.93. The number of ether oxygens (including phenoxy) is 1. The van der Waals surface area contributed by atoms with Gasteiger partial charge in [-0.3, -0.25) is 4.79 Å². The third-order valence-corrected chi connectivity index (χ3v) is 3.03. The molecule has 110 valence electrons. The number of aromatic nitrogens is 2. The summed E-state index contributed by atoms with van der Waals surface area (Å²) in [7, 11) is 0. The monoisotopic (exact) mass is 282 g/mol. The fourth-order valence-corrected chi connectivity index (χ4v) is 2.03. The molecule has 0 radical (unpaired) electrons. The van der Waals surface area contributed by atoms with Crippen molar-refractivity contribution >= 4 is 11.9 Å². The Bertz CT molecular complexity index is 442. The van der Waals surface area contributed by atoms with Gasteiger partial charge in [-0.15, -0.1) is 0 Å². The lowest BCUT2D eigenvalue weighted by Crippen LogP contribution is -2.46. The molecular formula is C12H18N4O4. The summed E-state index contributed by atoms with van der Waals surface area (Å²) in [5.41, 5.74) is 0.660. The maximum absolute atomic E-state index is 11.8. The number of aromatic amines is 1. The largest absolute Gasteiger partial charge is 0.480 e. The minimum absolute atomic E-state index is 0.153. The molecule has 0 aliphatic carbocycles. The first kappa shape index (κ1) is 14.5. The molecule has 8 heteroatoms. The molecule has 0 saturated carbocycles. The Morgan fingerprint density at radius 2 is 2.45 bits per heavy atom. The third kappa shape index (κ3) is 4.32. The summed E-state index contributed by atoms with van der Waals surface area (Å²) in [6, 6.07) is -0.973. The lowest BCUT2D eigenvalue weighted by Gasteiger charge is -2.23. The van der Waals surface area contributed by atoms with Crippen LogP contribution in [0.4, 0.5) is 0 Å². The second-order valence-electron chi connectivity index (χ2n) is 4.64. The summed E-state index contributed by atoms with van der Waals surface area (Å²) in [4.78, 5) is 29.6. The van der Waals surface area contributed by atoms with E-state index in [0.29, 0.717) is 18.8 Å². The highest BCUT2D eigenvalue weighted by Crippen LogP contribution is 2.03. The Balaban J connectivity index is 1.83. The number of hydrogen-bond acceptors (Lipinski definition) is 5. The number of imidazole rings is 1. The second kappa shape index (κ2) is 7.01. The van der Waals surface area contributed by atoms with Crippen molar-refractivity contribution in [1.29, 1.82) is 0 Å². The molecule has 1 aromatic rings. The number of rotatable bonds is 6. The number of carbonyl (C=O) groups excluding carboxylic acids is 1. The molecule has 20 heavy (non-hydrogen) atoms. The van der Waals surface area contributed by atoms with Gasteiger partial charge >= 0.3 is 5.97 Å². The Morgan fingerprint density at radius 3 is 3.05 bits per heavy atom. The summed E-state index contributed by atoms with van der Waals surface area (Å²) in [6.45, 7) is 1.94. The van der Waals surface area contributed by atoms with E-state index in [0.717, 1.165) is 6.54 Å². The number of nitrogens with one attached hydrogen (secondary N) is 3. The second-order valence-corrected chi connectivity index (χ2v) is 4.64. The molecule has 1 aliphatic rings. The van der Waals surface area contributed by atoms with Gasteiger partial charge in [0.1, 0.15) is 6.04 Å². The summed E-state index contributed by atoms with van der Waals surface area (Å²) >= 11 is 0. The van der Waals surface area contributed by atoms with Crippen LogP contribution < -0.4 is 10.6 Å². The highest BCUT2D eigenvalue weighted by Gasteiger charge is 2.23. The van der Waals surface area contributed by atoms with E-state index < -0.39 is 12.0 Å². The first-order valence-corrected chi connectivity index (χ1v) is 6.47. The maximum atomic E-state index is 11.8. The topological polar surface area (TPSA) is 116 Å². The van der Waals surface area contributed by atoms with Crippen LogP contribution in [0.2, 0.25) is 0 Å². The number of hydrogen-bond donors (Lipinski definition) is 4. The summed E-state index contributed by atoms with van der Waals surface area (Å²) in [5.74, 6) is -1.40. The number of H-pyrrole nitrogens is 1. The fraction of sp³-hybridized carbons (Fsp3) is 0.583. The van der Waals surface area contributed by atoms with Crippen molar-refractivity contribution in [2.24, 2.45) is 0 Å². The summed E-state index contributed by atoms with van der Waals surface area (Å²) in [6.07, 6.45) is 3.13. The number of carbonyl (C=O) groups is 2. The van der Waals surface area contributed by atoms with Gasteiger partial charge in [0.25, 0.3) is 0 Å². The van der Waals surface area contributed by atoms with Crippen LogP contribution >= 0.6 is 0 Å². The maximum Gasteiger partial charge on any atom is 0.326 e. The van der Waals surface area contributed by atoms with E-state index in [1.54, 1.807) is 0 Å². The van der Waals surface area contributed by atoms with Crippen molar-refractivity contribution in [2.75, 3.05) is 19.7 Å². The van der Waals surface area contributed by atoms with Crippen molar-refractivity contribution in [2.45, 2.75) is 25.0 Å². The lowest BCUT2D eigenvalue weighted by molar-refractivity contribution is -0.142. The summed E-state index contributed by atoms with van der Waals surface area (Å²) in [5, 5.41) is 14.8. The zero-order valence-electron chi connectivity index (χ0n) is 11.0. The van der Waals surface area contributed by atoms with E-state index in [-0.39, 0.29) is 24.9 Å². The van der Waals surface area contributed by atoms with E-state index in [9.17, 15) is 9.59 Å². The number of amides is 1. The molecule has 1 aromatic heterocycles. The van der Waals surface area contributed by atoms with E-state index in [1.165, 1.54) is 12.5 Å². The van der Waals surface area contributed by atoms with Crippen molar-refractivity contribution in [3.05, 3.63) is 18.2 Å². The van der Waals surface area contributed by atoms with E-state index in [1.807, 2.05) is 0 Å². The molecular weight excluding hydrogens is 264 g/mol. The van der Waals surface area contributed by atoms with Gasteiger partial charge < -0.3 is 25.5 Å². The zero-order valence-corrected chi connectivity index (χ0v) is 11.0. The molecule has 0 spiro atoms. The van der Waals surface area contributed by atoms with Gasteiger partial charge in [-0.05, 0) is 0 Å². The van der Waals surface area contributed by atoms with Gasteiger partial charge in [-0.25, -0.2) is 9.78 Å². The van der Waals surface area contributed by atoms with Crippen LogP contribution in [-0.2, 0) is 20.7 Å². The molecule has 1 aliphatic heterocycles. The van der Waals surface area contributed by atoms with Gasteiger partial charge in [0.05, 0.1) is 25.5 Å². The van der Waals surface area contributed by atoms with Crippen LogP contribution in [0.25, 0.3) is 0 Å². The molecule has 4 N–H and O–H groups in total. The van der Waals surface area contributed by atoms with Crippen LogP contribution in [0.3, 0.4) is 0 Å². The average Bonchev–Trinajstić information content (AvgIpc) is 2.92. The molecule has 1 unspecified atom stereocenters. The van der Waals surface area contributed by atoms with Gasteiger partial charge in [0.2, 0.25) is 5.91 Å². The van der Waals surface area contributed by atoms with Crippen LogP contribution in [-0.4, -0.2) is 58.8 Å². The van der Waals surface area contributed by atoms with Crippen LogP contribution in [0.15, 0.2) is 12.5 Å². The normalized spacial score (nSPS) is 20.3. The molecule has 1 saturated heterocycles. The van der Waals surface area contributed by atoms with Gasteiger partial charge in [-0.2, -0.15) is 0 Å². The molecule has 0 bridgehead atoms. The molecule has 1 fully saturated rings. The van der Waals surface area contributed by atoms with Crippen LogP contribution in [0, 0.1) is 0 Å². The standard InChI is InChI=1S/C12H18N4O4/c17-11(4-9-6-13-1-2-20-9)16-10(12(18)19)3-8-5-14-7-15-8/h5,7,9-10,13H,1-4,6H2,(H,14,15)(H,16,17)(H,18,19)/t9?,10-/m0/s1. The highest BCUT2D eigenvalue weighted by atomic mass is 16.5. The first-order chi connectivity index (χ1) is 9.65. The number of carboxylic acid groups (broad SMARTS) is 1. The molecule has 8 nitrogen and oxygen atoms in total. The van der Waals surface area contributed by atoms with Gasteiger partial charge in [0, 0.05) is 31.4 Å². The predicted octanol–water partition coefficient (Wildman–Crippen LogP) is -1.10. The Labute approximate surface area is 115 Å². The SMILES string of the molecule is O=C(CC1CNCCO1)N[C@@H](Cc1cnc[nH]1)C(=O)O. The average molecular weight is 282 g/mol. The lowest BCUT2D eigenvalue weighted by atomic mass is 10.1. The Kier molecular flexibility index (Phi) is 5.08. The molecule has 0 aromatic carbocycles. The van der Waals surface area contributed by atoms with Crippen molar-refractivity contribution in [1.82, 2.24) is 20.6 Å². The molecule has 2 heterocycles. The summed E-state index contributed by atoms with van der Waals surface area (Å²) < 4.78 is 5.41. The third-order valence-electron chi connectivity index (χ3n) is 3.03. The molecule has 2 atom stereocenters. The van der Waals surface area contributed by atoms with Crippen molar-refractivity contribution < 1.29 is 19.4 Å². The quantitative estimate of drug-likeness (QED) is 0.526. The minimum atomic E-state index is -1.07. The predicted molar refractivity (Wildman–Crippen MR) is 69.1 cm³/mol. The first-order valence-electron chi connectivity index (χ1n) is 6.47. The molecule has 2 rings (SSSR count). The number of morpholine rings is 1. The number of carboxylic acids is 1. The van der Waals surface area contributed by atoms with Crippen molar-refractivity contribution in [3.63, 3.8) is 0 Å². The van der Waals surface area contributed by atoms with Crippen LogP contribution in [0.1, 0.15) is 12.1 Å². The number of aliphatic carboxylic acids is 1. The highest BCUT2D eigenvalue weighted by molar-refractivity contribution is 5.83. The van der Waals surface area contributed by atoms with E-state index in [4.69, 9.17) is 9.84 Å². The van der Waals surface area contributed by atoms with Gasteiger partial charge in [0.15, 0.2) is 0 Å². The minimum Gasteiger partial charge on any atom is -0.480 e. The van der Waals surface area contributed by atoms with Crippen molar-refractivity contribution in [3.8, 4) is 0 Å². The number of nitrogens with zero attached hydrogens (tertiary/aromatic N) is 1. The van der Waals surface area contributed by atoms with E-state index in [2.05, 4.69) is 20.6 Å². The smallest absolute Gasteiger partial charge is 0.326 e. The molecule has 1 amide bonds. The Morgan fingerprint density at radius 1 is 1.60 bits per heavy atom.